The molecule has 0 aliphatic carbocycles. The molecule has 1 heterocycles. The Morgan fingerprint density at radius 2 is 1.10 bits per heavy atom. The predicted octanol–water partition coefficient (Wildman–Crippen LogP) is -1.31. The summed E-state index contributed by atoms with van der Waals surface area (Å²) in [7, 11) is 0. The van der Waals surface area contributed by atoms with E-state index in [0.717, 1.165) is 22.0 Å². The second-order valence-corrected chi connectivity index (χ2v) is 11.2. The van der Waals surface area contributed by atoms with Crippen LogP contribution in [0.1, 0.15) is 31.9 Å². The lowest BCUT2D eigenvalue weighted by Gasteiger charge is -2.07. The summed E-state index contributed by atoms with van der Waals surface area (Å²) in [6, 6.07) is 9.34. The number of carboxylic acid groups (broad SMARTS) is 5. The number of benzene rings is 2. The molecule has 0 bridgehead atoms. The number of hydrogen-bond acceptors (Lipinski definition) is 13. The number of phenolic OH excluding ortho intramolecular Hbond substituents is 1. The Hall–Kier alpha value is -5.15. The first kappa shape index (κ1) is 48.0. The van der Waals surface area contributed by atoms with Gasteiger partial charge in [0, 0.05) is 23.5 Å². The highest BCUT2D eigenvalue weighted by Gasteiger charge is 2.17. The number of hydrogen-bond donors (Lipinski definition) is 14. The van der Waals surface area contributed by atoms with Gasteiger partial charge in [-0.25, -0.2) is 0 Å². The molecule has 286 valence electrons. The molecule has 0 saturated heterocycles. The minimum Gasteiger partial charge on any atom is -0.508 e. The molecule has 3 rings (SSSR count). The minimum atomic E-state index is -1.18. The first-order chi connectivity index (χ1) is 23.6. The van der Waals surface area contributed by atoms with Gasteiger partial charge in [0.15, 0.2) is 0 Å². The number of aromatic hydroxyl groups is 1. The van der Waals surface area contributed by atoms with Gasteiger partial charge in [0.1, 0.15) is 36.0 Å². The molecule has 51 heavy (non-hydrogen) atoms. The molecule has 2 aromatic carbocycles. The van der Waals surface area contributed by atoms with Crippen molar-refractivity contribution in [2.75, 3.05) is 6.61 Å². The number of H-pyrrole nitrogens is 1. The maximum Gasteiger partial charge on any atom is 0.323 e. The number of aliphatic hydroxyl groups is 2. The average Bonchev–Trinajstić information content (AvgIpc) is 3.47. The minimum absolute atomic E-state index is 0.0208. The Morgan fingerprint density at radius 1 is 0.647 bits per heavy atom. The average molecular weight is 727 g/mol. The number of para-hydroxylation sites is 1. The maximum absolute atomic E-state index is 10.6. The summed E-state index contributed by atoms with van der Waals surface area (Å²) in [5.74, 6) is -5.10. The fourth-order valence-electron chi connectivity index (χ4n) is 3.17. The molecule has 0 aliphatic heterocycles. The highest BCUT2D eigenvalue weighted by molar-refractivity contribution is 5.84. The molecule has 0 fully saturated rings. The number of aliphatic carboxylic acids is 5. The third-order valence-corrected chi connectivity index (χ3v) is 6.46. The van der Waals surface area contributed by atoms with E-state index < -0.39 is 72.8 Å². The van der Waals surface area contributed by atoms with E-state index in [1.54, 1.807) is 26.0 Å². The Bertz CT molecular complexity index is 1470. The summed E-state index contributed by atoms with van der Waals surface area (Å²) in [5.41, 5.74) is 28.4. The number of aromatic amines is 1. The van der Waals surface area contributed by atoms with Crippen molar-refractivity contribution in [3.05, 3.63) is 65.9 Å². The largest absolute Gasteiger partial charge is 0.508 e. The molecule has 6 atom stereocenters. The normalized spacial score (nSPS) is 13.7. The standard InChI is InChI=1S/C11H12N2O2.C9H11NO3.C5H11NO2.C4H9NO3.C3H7NO3/c12-9(11(14)15)5-7-6-13-10-4-2-1-3-8(7)10;10-8(9(12)13)5-6-1-3-7(11)4-2-6;1-3(2)4(6)5(7)8;1-2(6)3(5)4(7)8;4-2(1-5)3(6)7/h1-4,6,9,13H,5,12H2,(H,14,15);1-4,8,11H,5,10H2,(H,12,13);3-4H,6H2,1-2H3,(H,7,8);2-3,6H,5H2,1H3,(H,7,8);2,5H,1,4H2,(H,6,7)/t9-;8-;4-;2-,3+;2-/m00010/s1. The van der Waals surface area contributed by atoms with E-state index in [4.69, 9.17) is 69.5 Å². The van der Waals surface area contributed by atoms with Crippen molar-refractivity contribution in [1.82, 2.24) is 4.98 Å². The van der Waals surface area contributed by atoms with Crippen LogP contribution in [-0.2, 0) is 36.8 Å². The van der Waals surface area contributed by atoms with Crippen molar-refractivity contribution in [3.63, 3.8) is 0 Å². The fourth-order valence-corrected chi connectivity index (χ4v) is 3.17. The van der Waals surface area contributed by atoms with E-state index in [1.165, 1.54) is 19.1 Å². The van der Waals surface area contributed by atoms with Crippen molar-refractivity contribution in [1.29, 1.82) is 0 Å². The van der Waals surface area contributed by atoms with Gasteiger partial charge in [0.05, 0.1) is 12.7 Å². The van der Waals surface area contributed by atoms with E-state index in [9.17, 15) is 24.0 Å². The second-order valence-electron chi connectivity index (χ2n) is 11.2. The van der Waals surface area contributed by atoms with E-state index in [-0.39, 0.29) is 18.1 Å². The van der Waals surface area contributed by atoms with Gasteiger partial charge in [-0.1, -0.05) is 44.2 Å². The van der Waals surface area contributed by atoms with Crippen molar-refractivity contribution in [3.8, 4) is 5.75 Å². The molecule has 0 radical (unpaired) electrons. The number of aliphatic hydroxyl groups excluding tert-OH is 2. The van der Waals surface area contributed by atoms with E-state index in [1.807, 2.05) is 30.5 Å². The van der Waals surface area contributed by atoms with E-state index >= 15 is 0 Å². The Labute approximate surface area is 293 Å². The zero-order valence-corrected chi connectivity index (χ0v) is 28.4. The van der Waals surface area contributed by atoms with Gasteiger partial charge in [-0.15, -0.1) is 0 Å². The first-order valence-corrected chi connectivity index (χ1v) is 15.1. The summed E-state index contributed by atoms with van der Waals surface area (Å²) in [6.07, 6.45) is 1.45. The Balaban J connectivity index is 0. The number of aromatic nitrogens is 1. The summed E-state index contributed by atoms with van der Waals surface area (Å²) in [6.45, 7) is 4.38. The lowest BCUT2D eigenvalue weighted by Crippen LogP contribution is -2.39. The van der Waals surface area contributed by atoms with Gasteiger partial charge in [0.2, 0.25) is 0 Å². The molecular formula is C32H50N6O13. The number of carbonyl (C=O) groups is 5. The van der Waals surface area contributed by atoms with Crippen molar-refractivity contribution >= 4 is 40.7 Å². The summed E-state index contributed by atoms with van der Waals surface area (Å²) in [5, 5.41) is 67.9. The monoisotopic (exact) mass is 726 g/mol. The van der Waals surface area contributed by atoms with Crippen molar-refractivity contribution in [2.24, 2.45) is 34.6 Å². The van der Waals surface area contributed by atoms with Gasteiger partial charge in [0.25, 0.3) is 0 Å². The number of phenols is 1. The number of carboxylic acids is 5. The van der Waals surface area contributed by atoms with Crippen LogP contribution in [0.2, 0.25) is 0 Å². The van der Waals surface area contributed by atoms with Crippen LogP contribution in [0.25, 0.3) is 10.9 Å². The topological polar surface area (TPSA) is 393 Å². The molecule has 19 nitrogen and oxygen atoms in total. The van der Waals surface area contributed by atoms with Crippen LogP contribution in [0.5, 0.6) is 5.75 Å². The zero-order valence-electron chi connectivity index (χ0n) is 28.4. The van der Waals surface area contributed by atoms with Crippen LogP contribution in [0.3, 0.4) is 0 Å². The SMILES string of the molecule is CC(C)[C@H](N)C(=O)O.C[C@@H](O)[C@H](N)C(=O)O.N[C@@H](CO)C(=O)O.N[C@@H](Cc1c[nH]c2ccccc12)C(=O)O.N[C@@H](Cc1ccc(O)cc1)C(=O)O. The van der Waals surface area contributed by atoms with Crippen LogP contribution >= 0.6 is 0 Å². The fraction of sp³-hybridized carbons (Fsp3) is 0.406. The van der Waals surface area contributed by atoms with E-state index in [2.05, 4.69) is 4.98 Å². The number of fused-ring (bicyclic) bond motifs is 1. The van der Waals surface area contributed by atoms with Crippen LogP contribution < -0.4 is 28.7 Å². The highest BCUT2D eigenvalue weighted by atomic mass is 16.4. The van der Waals surface area contributed by atoms with Gasteiger partial charge in [-0.05, 0) is 48.6 Å². The molecule has 0 unspecified atom stereocenters. The maximum atomic E-state index is 10.6. The van der Waals surface area contributed by atoms with Gasteiger partial charge in [-0.2, -0.15) is 0 Å². The zero-order chi connectivity index (χ0) is 40.0. The summed E-state index contributed by atoms with van der Waals surface area (Å²) in [4.78, 5) is 53.6. The number of nitrogens with two attached hydrogens (primary N) is 5. The second kappa shape index (κ2) is 24.9. The Kier molecular flexibility index (Phi) is 23.4. The quantitative estimate of drug-likeness (QED) is 0.103. The molecule has 0 amide bonds. The molecular weight excluding hydrogens is 676 g/mol. The molecule has 19 heteroatoms. The molecule has 1 aromatic heterocycles. The number of nitrogens with one attached hydrogen (secondary N) is 1. The van der Waals surface area contributed by atoms with Crippen LogP contribution in [0, 0.1) is 5.92 Å². The lowest BCUT2D eigenvalue weighted by molar-refractivity contribution is -0.141. The third-order valence-electron chi connectivity index (χ3n) is 6.46. The predicted molar refractivity (Wildman–Crippen MR) is 185 cm³/mol. The molecule has 0 spiro atoms. The van der Waals surface area contributed by atoms with Crippen LogP contribution in [-0.4, -0.2) is 119 Å². The number of rotatable bonds is 12. The summed E-state index contributed by atoms with van der Waals surface area (Å²) >= 11 is 0. The molecule has 3 aromatic rings. The highest BCUT2D eigenvalue weighted by Crippen LogP contribution is 2.18. The van der Waals surface area contributed by atoms with Crippen molar-refractivity contribution < 1.29 is 64.8 Å². The first-order valence-electron chi connectivity index (χ1n) is 15.1. The summed E-state index contributed by atoms with van der Waals surface area (Å²) < 4.78 is 0. The van der Waals surface area contributed by atoms with Gasteiger partial charge >= 0.3 is 29.8 Å². The van der Waals surface area contributed by atoms with Crippen LogP contribution in [0.4, 0.5) is 0 Å². The molecule has 0 aliphatic rings. The van der Waals surface area contributed by atoms with Crippen LogP contribution in [0.15, 0.2) is 54.7 Å². The molecule has 0 saturated carbocycles. The van der Waals surface area contributed by atoms with E-state index in [0.29, 0.717) is 6.42 Å². The Morgan fingerprint density at radius 3 is 1.43 bits per heavy atom. The molecule has 19 N–H and O–H groups in total. The van der Waals surface area contributed by atoms with Crippen molar-refractivity contribution in [2.45, 2.75) is 69.9 Å². The third kappa shape index (κ3) is 20.8. The lowest BCUT2D eigenvalue weighted by atomic mass is 10.1. The van der Waals surface area contributed by atoms with Gasteiger partial charge < -0.3 is 74.5 Å². The van der Waals surface area contributed by atoms with Gasteiger partial charge in [-0.3, -0.25) is 24.0 Å². The smallest absolute Gasteiger partial charge is 0.323 e.